The van der Waals surface area contributed by atoms with Gasteiger partial charge in [-0.3, -0.25) is 0 Å². The lowest BCUT2D eigenvalue weighted by Gasteiger charge is -2.09. The molecule has 106 valence electrons. The van der Waals surface area contributed by atoms with Gasteiger partial charge < -0.3 is 0 Å². The minimum absolute atomic E-state index is 0.0877. The molecule has 0 amide bonds. The fourth-order valence-corrected chi connectivity index (χ4v) is 6.53. The Morgan fingerprint density at radius 1 is 0.950 bits per heavy atom. The molecule has 7 heteroatoms. The maximum Gasteiger partial charge on any atom is 0.283 e. The van der Waals surface area contributed by atoms with Gasteiger partial charge in [-0.1, -0.05) is 70.5 Å². The van der Waals surface area contributed by atoms with E-state index in [1.165, 1.54) is 12.1 Å². The summed E-state index contributed by atoms with van der Waals surface area (Å²) in [5.74, 6) is -3.11. The Kier molecular flexibility index (Phi) is 4.60. The van der Waals surface area contributed by atoms with Crippen LogP contribution in [-0.2, 0) is 10.0 Å². The van der Waals surface area contributed by atoms with E-state index >= 15 is 0 Å². The molecule has 2 aromatic rings. The molecule has 3 nitrogen and oxygen atoms in total. The molecule has 2 aromatic carbocycles. The lowest BCUT2D eigenvalue weighted by atomic mass is 10.2. The van der Waals surface area contributed by atoms with Crippen LogP contribution in [0.4, 0.5) is 0 Å². The highest BCUT2D eigenvalue weighted by molar-refractivity contribution is 8.18. The standard InChI is InChI=1S/C13H12Cl2NO2PS/c1-11-7-9-13(10-8-11)20(17,18)16-19(14,15)12-5-3-2-4-6-12/h2-10H,1H3. The Morgan fingerprint density at radius 2 is 1.50 bits per heavy atom. The Bertz CT molecular complexity index is 753. The summed E-state index contributed by atoms with van der Waals surface area (Å²) in [6, 6.07) is 15.0. The monoisotopic (exact) mass is 347 g/mol. The molecule has 0 spiro atoms. The summed E-state index contributed by atoms with van der Waals surface area (Å²) < 4.78 is 28.2. The molecule has 2 rings (SSSR count). The molecule has 20 heavy (non-hydrogen) atoms. The maximum absolute atomic E-state index is 12.2. The molecule has 0 aliphatic carbocycles. The summed E-state index contributed by atoms with van der Waals surface area (Å²) >= 11 is 12.3. The van der Waals surface area contributed by atoms with Gasteiger partial charge in [0.2, 0.25) is 0 Å². The molecule has 0 radical (unpaired) electrons. The van der Waals surface area contributed by atoms with Crippen molar-refractivity contribution in [3.05, 3.63) is 60.2 Å². The van der Waals surface area contributed by atoms with Crippen LogP contribution in [0.5, 0.6) is 0 Å². The first kappa shape index (κ1) is 15.6. The maximum atomic E-state index is 12.2. The predicted molar refractivity (Wildman–Crippen MR) is 85.5 cm³/mol. The SMILES string of the molecule is Cc1ccc(S(=O)(=O)N=P(Cl)(Cl)c2ccccc2)cc1. The minimum Gasteiger partial charge on any atom is -0.199 e. The van der Waals surface area contributed by atoms with Crippen LogP contribution >= 0.6 is 28.2 Å². The summed E-state index contributed by atoms with van der Waals surface area (Å²) in [6.45, 7) is 1.87. The third-order valence-corrected chi connectivity index (χ3v) is 8.35. The van der Waals surface area contributed by atoms with E-state index in [0.29, 0.717) is 5.30 Å². The number of benzene rings is 2. The molecule has 0 fully saturated rings. The van der Waals surface area contributed by atoms with Gasteiger partial charge in [0.1, 0.15) is 0 Å². The van der Waals surface area contributed by atoms with Crippen molar-refractivity contribution in [2.24, 2.45) is 4.15 Å². The van der Waals surface area contributed by atoms with Crippen molar-refractivity contribution in [1.29, 1.82) is 0 Å². The zero-order chi connectivity index (χ0) is 14.8. The summed E-state index contributed by atoms with van der Waals surface area (Å²) in [7, 11) is -3.87. The van der Waals surface area contributed by atoms with Gasteiger partial charge in [0.05, 0.1) is 4.90 Å². The molecule has 0 unspecified atom stereocenters. The van der Waals surface area contributed by atoms with Gasteiger partial charge in [0, 0.05) is 5.30 Å². The number of rotatable bonds is 3. The third kappa shape index (κ3) is 3.64. The first-order valence-corrected chi connectivity index (χ1v) is 10.7. The van der Waals surface area contributed by atoms with Crippen molar-refractivity contribution in [2.45, 2.75) is 11.8 Å². The highest BCUT2D eigenvalue weighted by Crippen LogP contribution is 2.60. The Morgan fingerprint density at radius 3 is 2.05 bits per heavy atom. The van der Waals surface area contributed by atoms with Gasteiger partial charge >= 0.3 is 0 Å². The minimum atomic E-state index is -3.87. The third-order valence-electron chi connectivity index (χ3n) is 2.60. The fourth-order valence-electron chi connectivity index (χ4n) is 1.55. The predicted octanol–water partition coefficient (Wildman–Crippen LogP) is 4.52. The molecule has 0 saturated carbocycles. The molecule has 0 saturated heterocycles. The second-order valence-electron chi connectivity index (χ2n) is 4.19. The summed E-state index contributed by atoms with van der Waals surface area (Å²) in [5, 5.41) is 0.513. The van der Waals surface area contributed by atoms with Crippen LogP contribution in [0.2, 0.25) is 0 Å². The fraction of sp³-hybridized carbons (Fsp3) is 0.0769. The molecule has 0 aliphatic rings. The molecule has 0 bridgehead atoms. The summed E-state index contributed by atoms with van der Waals surface area (Å²) in [6.07, 6.45) is 0. The average Bonchev–Trinajstić information content (AvgIpc) is 2.39. The molecule has 0 heterocycles. The van der Waals surface area contributed by atoms with Crippen molar-refractivity contribution < 1.29 is 8.42 Å². The number of halogens is 2. The van der Waals surface area contributed by atoms with Gasteiger partial charge in [0.25, 0.3) is 10.0 Å². The molecule has 0 N–H and O–H groups in total. The lowest BCUT2D eigenvalue weighted by Crippen LogP contribution is -2.00. The number of hydrogen-bond donors (Lipinski definition) is 0. The van der Waals surface area contributed by atoms with Crippen molar-refractivity contribution in [2.75, 3.05) is 0 Å². The second kappa shape index (κ2) is 5.90. The van der Waals surface area contributed by atoms with Gasteiger partial charge in [0.15, 0.2) is 5.76 Å². The highest BCUT2D eigenvalue weighted by Gasteiger charge is 2.22. The van der Waals surface area contributed by atoms with Crippen molar-refractivity contribution in [3.8, 4) is 0 Å². The molecule has 0 aliphatic heterocycles. The average molecular weight is 348 g/mol. The van der Waals surface area contributed by atoms with Gasteiger partial charge in [-0.2, -0.15) is 8.42 Å². The van der Waals surface area contributed by atoms with Gasteiger partial charge in [-0.25, -0.2) is 0 Å². The van der Waals surface area contributed by atoms with E-state index in [1.807, 2.05) is 6.92 Å². The van der Waals surface area contributed by atoms with E-state index in [4.69, 9.17) is 22.5 Å². The van der Waals surface area contributed by atoms with E-state index in [0.717, 1.165) is 5.56 Å². The van der Waals surface area contributed by atoms with E-state index in [-0.39, 0.29) is 4.90 Å². The van der Waals surface area contributed by atoms with Crippen LogP contribution in [-0.4, -0.2) is 8.42 Å². The zero-order valence-corrected chi connectivity index (χ0v) is 13.8. The summed E-state index contributed by atoms with van der Waals surface area (Å²) in [4.78, 5) is 0.0877. The first-order chi connectivity index (χ1) is 9.31. The van der Waals surface area contributed by atoms with Crippen LogP contribution in [0.1, 0.15) is 5.56 Å². The van der Waals surface area contributed by atoms with Gasteiger partial charge in [-0.15, -0.1) is 4.15 Å². The quantitative estimate of drug-likeness (QED) is 0.766. The van der Waals surface area contributed by atoms with E-state index in [2.05, 4.69) is 4.15 Å². The second-order valence-corrected chi connectivity index (χ2v) is 11.2. The van der Waals surface area contributed by atoms with E-state index < -0.39 is 15.8 Å². The number of hydrogen-bond acceptors (Lipinski definition) is 2. The number of aryl methyl sites for hydroxylation is 1. The molecule has 0 atom stereocenters. The zero-order valence-electron chi connectivity index (χ0n) is 10.6. The van der Waals surface area contributed by atoms with Crippen LogP contribution in [0.15, 0.2) is 63.6 Å². The highest BCUT2D eigenvalue weighted by atomic mass is 35.9. The van der Waals surface area contributed by atoms with Gasteiger partial charge in [-0.05, 0) is 19.1 Å². The molecular weight excluding hydrogens is 336 g/mol. The van der Waals surface area contributed by atoms with Crippen LogP contribution in [0, 0.1) is 6.92 Å². The Labute approximate surface area is 128 Å². The summed E-state index contributed by atoms with van der Waals surface area (Å²) in [5.41, 5.74) is 0.963. The number of sulfonamides is 1. The molecular formula is C13H12Cl2NO2PS. The topological polar surface area (TPSA) is 46.5 Å². The normalized spacial score (nSPS) is 12.2. The van der Waals surface area contributed by atoms with Crippen molar-refractivity contribution >= 4 is 43.6 Å². The van der Waals surface area contributed by atoms with Crippen molar-refractivity contribution in [1.82, 2.24) is 0 Å². The lowest BCUT2D eigenvalue weighted by molar-refractivity contribution is 0.598. The Hall–Kier alpha value is -0.800. The van der Waals surface area contributed by atoms with Crippen LogP contribution in [0.25, 0.3) is 0 Å². The van der Waals surface area contributed by atoms with E-state index in [9.17, 15) is 8.42 Å². The van der Waals surface area contributed by atoms with Crippen molar-refractivity contribution in [3.63, 3.8) is 0 Å². The van der Waals surface area contributed by atoms with E-state index in [1.54, 1.807) is 42.5 Å². The largest absolute Gasteiger partial charge is 0.283 e. The number of nitrogens with zero attached hydrogens (tertiary/aromatic N) is 1. The van der Waals surface area contributed by atoms with Crippen LogP contribution < -0.4 is 5.30 Å². The Balaban J connectivity index is 2.50. The smallest absolute Gasteiger partial charge is 0.199 e. The molecule has 0 aromatic heterocycles. The van der Waals surface area contributed by atoms with Crippen LogP contribution in [0.3, 0.4) is 0 Å². The first-order valence-electron chi connectivity index (χ1n) is 5.71.